The molecule has 5 aliphatic carbocycles. The predicted octanol–water partition coefficient (Wildman–Crippen LogP) is 2.82. The minimum Gasteiger partial charge on any atom is -0.297 e. The highest BCUT2D eigenvalue weighted by molar-refractivity contribution is 9.26. The summed E-state index contributed by atoms with van der Waals surface area (Å²) in [4.78, 5) is 12.5. The molecule has 0 N–H and O–H groups in total. The van der Waals surface area contributed by atoms with E-state index in [4.69, 9.17) is 0 Å². The molecular formula is C12H12Br2O. The van der Waals surface area contributed by atoms with Crippen LogP contribution in [0.25, 0.3) is 0 Å². The zero-order valence-corrected chi connectivity index (χ0v) is 11.4. The molecule has 0 saturated heterocycles. The van der Waals surface area contributed by atoms with E-state index < -0.39 is 0 Å². The maximum atomic E-state index is 12.5. The van der Waals surface area contributed by atoms with Crippen molar-refractivity contribution in [1.82, 2.24) is 0 Å². The summed E-state index contributed by atoms with van der Waals surface area (Å²) in [6.45, 7) is 0. The molecule has 0 aromatic carbocycles. The number of Topliss-reactive ketones (excluding diaryl/α,β-unsaturated/α-hetero) is 1. The number of hydrogen-bond donors (Lipinski definition) is 0. The van der Waals surface area contributed by atoms with Gasteiger partial charge in [-0.1, -0.05) is 31.9 Å². The molecule has 3 heteroatoms. The first kappa shape index (κ1) is 8.68. The van der Waals surface area contributed by atoms with Crippen LogP contribution < -0.4 is 0 Å². The van der Waals surface area contributed by atoms with Crippen molar-refractivity contribution < 1.29 is 4.79 Å². The van der Waals surface area contributed by atoms with Gasteiger partial charge in [-0.05, 0) is 54.3 Å². The Hall–Kier alpha value is 0.630. The highest BCUT2D eigenvalue weighted by Crippen LogP contribution is 2.82. The topological polar surface area (TPSA) is 17.1 Å². The summed E-state index contributed by atoms with van der Waals surface area (Å²) in [6.07, 6.45) is 2.75. The predicted molar refractivity (Wildman–Crippen MR) is 62.7 cm³/mol. The molecule has 5 rings (SSSR count). The third-order valence-corrected chi connectivity index (χ3v) is 8.25. The molecule has 0 aromatic heterocycles. The maximum absolute atomic E-state index is 12.5. The lowest BCUT2D eigenvalue weighted by Crippen LogP contribution is -2.62. The molecule has 80 valence electrons. The summed E-state index contributed by atoms with van der Waals surface area (Å²) in [7, 11) is 0. The molecule has 8 unspecified atom stereocenters. The SMILES string of the molecule is O=C1C2C3CC4C5C3CC2C5C4C1(Br)Br. The van der Waals surface area contributed by atoms with Crippen molar-refractivity contribution in [3.05, 3.63) is 0 Å². The van der Waals surface area contributed by atoms with Gasteiger partial charge in [0.15, 0.2) is 5.78 Å². The Kier molecular flexibility index (Phi) is 1.24. The second-order valence-corrected chi connectivity index (χ2v) is 9.89. The third-order valence-electron chi connectivity index (χ3n) is 6.41. The van der Waals surface area contributed by atoms with E-state index in [0.717, 1.165) is 35.5 Å². The first-order valence-corrected chi connectivity index (χ1v) is 7.63. The van der Waals surface area contributed by atoms with Gasteiger partial charge in [-0.15, -0.1) is 0 Å². The smallest absolute Gasteiger partial charge is 0.164 e. The van der Waals surface area contributed by atoms with Crippen molar-refractivity contribution in [2.24, 2.45) is 47.3 Å². The van der Waals surface area contributed by atoms with Gasteiger partial charge in [-0.25, -0.2) is 0 Å². The molecule has 0 aliphatic heterocycles. The molecular weight excluding hydrogens is 320 g/mol. The van der Waals surface area contributed by atoms with Crippen LogP contribution in [0.1, 0.15) is 12.8 Å². The molecule has 0 radical (unpaired) electrons. The standard InChI is InChI=1S/C12H12Br2O/c13-12(14)10-6-2-4-3-1-5(8(4)11(12)15)9(10)7(3)6/h3-10H,1-2H2. The van der Waals surface area contributed by atoms with Gasteiger partial charge in [0.2, 0.25) is 0 Å². The number of fused-ring (bicyclic) bond motifs is 2. The van der Waals surface area contributed by atoms with Gasteiger partial charge in [0, 0.05) is 5.92 Å². The number of halogens is 2. The Bertz CT molecular complexity index is 402. The minimum atomic E-state index is -0.336. The minimum absolute atomic E-state index is 0.336. The zero-order valence-electron chi connectivity index (χ0n) is 8.20. The lowest BCUT2D eigenvalue weighted by Gasteiger charge is -2.58. The monoisotopic (exact) mass is 330 g/mol. The lowest BCUT2D eigenvalue weighted by molar-refractivity contribution is -0.142. The summed E-state index contributed by atoms with van der Waals surface area (Å²) in [6, 6.07) is 0. The second kappa shape index (κ2) is 2.14. The van der Waals surface area contributed by atoms with Crippen LogP contribution in [0.5, 0.6) is 0 Å². The number of alkyl halides is 2. The Morgan fingerprint density at radius 2 is 1.73 bits per heavy atom. The fourth-order valence-corrected chi connectivity index (χ4v) is 8.16. The molecule has 0 heterocycles. The number of rotatable bonds is 0. The summed E-state index contributed by atoms with van der Waals surface area (Å²) in [5.41, 5.74) is 0. The number of carbonyl (C=O) groups is 1. The van der Waals surface area contributed by atoms with Crippen LogP contribution in [0.15, 0.2) is 0 Å². The van der Waals surface area contributed by atoms with Crippen LogP contribution in [0, 0.1) is 47.3 Å². The van der Waals surface area contributed by atoms with E-state index in [1.54, 1.807) is 0 Å². The Morgan fingerprint density at radius 3 is 2.53 bits per heavy atom. The van der Waals surface area contributed by atoms with E-state index in [-0.39, 0.29) is 3.23 Å². The normalized spacial score (nSPS) is 70.1. The molecule has 2 bridgehead atoms. The summed E-state index contributed by atoms with van der Waals surface area (Å²) in [5, 5.41) is 0. The van der Waals surface area contributed by atoms with E-state index >= 15 is 0 Å². The maximum Gasteiger partial charge on any atom is 0.164 e. The van der Waals surface area contributed by atoms with E-state index in [1.807, 2.05) is 0 Å². The van der Waals surface area contributed by atoms with Crippen LogP contribution in [0.4, 0.5) is 0 Å². The van der Waals surface area contributed by atoms with Gasteiger partial charge < -0.3 is 0 Å². The molecule has 0 aromatic rings. The fourth-order valence-electron chi connectivity index (χ4n) is 6.34. The van der Waals surface area contributed by atoms with Crippen molar-refractivity contribution in [2.45, 2.75) is 16.1 Å². The first-order chi connectivity index (χ1) is 7.12. The van der Waals surface area contributed by atoms with Gasteiger partial charge in [0.05, 0.1) is 0 Å². The van der Waals surface area contributed by atoms with Gasteiger partial charge in [-0.2, -0.15) is 0 Å². The van der Waals surface area contributed by atoms with Crippen LogP contribution in [0.3, 0.4) is 0 Å². The Morgan fingerprint density at radius 1 is 1.00 bits per heavy atom. The van der Waals surface area contributed by atoms with Crippen LogP contribution in [-0.4, -0.2) is 9.02 Å². The molecule has 1 nitrogen and oxygen atoms in total. The van der Waals surface area contributed by atoms with E-state index in [2.05, 4.69) is 31.9 Å². The van der Waals surface area contributed by atoms with Crippen molar-refractivity contribution in [2.75, 3.05) is 0 Å². The summed E-state index contributed by atoms with van der Waals surface area (Å²) in [5.74, 6) is 6.80. The molecule has 0 amide bonds. The largest absolute Gasteiger partial charge is 0.297 e. The van der Waals surface area contributed by atoms with E-state index in [9.17, 15) is 4.79 Å². The first-order valence-electron chi connectivity index (χ1n) is 6.04. The summed E-state index contributed by atoms with van der Waals surface area (Å²) < 4.78 is -0.336. The molecule has 15 heavy (non-hydrogen) atoms. The molecule has 0 spiro atoms. The average Bonchev–Trinajstić information content (AvgIpc) is 2.58. The van der Waals surface area contributed by atoms with Crippen molar-refractivity contribution in [3.63, 3.8) is 0 Å². The van der Waals surface area contributed by atoms with Crippen molar-refractivity contribution in [1.29, 1.82) is 0 Å². The van der Waals surface area contributed by atoms with Crippen molar-refractivity contribution >= 4 is 37.6 Å². The molecule has 8 atom stereocenters. The van der Waals surface area contributed by atoms with Crippen molar-refractivity contribution in [3.8, 4) is 0 Å². The number of ketones is 1. The van der Waals surface area contributed by atoms with Gasteiger partial charge in [-0.3, -0.25) is 4.79 Å². The highest BCUT2D eigenvalue weighted by atomic mass is 79.9. The highest BCUT2D eigenvalue weighted by Gasteiger charge is 2.81. The van der Waals surface area contributed by atoms with Gasteiger partial charge in [0.1, 0.15) is 3.23 Å². The second-order valence-electron chi connectivity index (χ2n) is 6.32. The molecule has 5 fully saturated rings. The Balaban J connectivity index is 1.80. The van der Waals surface area contributed by atoms with E-state index in [1.165, 1.54) is 12.8 Å². The number of carbonyl (C=O) groups excluding carboxylic acids is 1. The quantitative estimate of drug-likeness (QED) is 0.624. The van der Waals surface area contributed by atoms with Crippen LogP contribution >= 0.6 is 31.9 Å². The van der Waals surface area contributed by atoms with Gasteiger partial charge >= 0.3 is 0 Å². The number of hydrogen-bond acceptors (Lipinski definition) is 1. The summed E-state index contributed by atoms with van der Waals surface area (Å²) >= 11 is 7.39. The molecule has 5 saturated carbocycles. The lowest BCUT2D eigenvalue weighted by atomic mass is 9.50. The zero-order chi connectivity index (χ0) is 10.1. The molecule has 5 aliphatic rings. The van der Waals surface area contributed by atoms with Gasteiger partial charge in [0.25, 0.3) is 0 Å². The average molecular weight is 332 g/mol. The third kappa shape index (κ3) is 0.635. The fraction of sp³-hybridized carbons (Fsp3) is 0.917. The Labute approximate surface area is 106 Å². The van der Waals surface area contributed by atoms with Crippen LogP contribution in [0.2, 0.25) is 0 Å². The van der Waals surface area contributed by atoms with Crippen LogP contribution in [-0.2, 0) is 4.79 Å². The van der Waals surface area contributed by atoms with E-state index in [0.29, 0.717) is 17.6 Å².